The van der Waals surface area contributed by atoms with Crippen molar-refractivity contribution in [2.75, 3.05) is 26.4 Å². The molecule has 2 saturated heterocycles. The van der Waals surface area contributed by atoms with Crippen LogP contribution in [0.25, 0.3) is 0 Å². The third kappa shape index (κ3) is 9.74. The second kappa shape index (κ2) is 15.6. The highest BCUT2D eigenvalue weighted by Gasteiger charge is 2.23. The van der Waals surface area contributed by atoms with Gasteiger partial charge in [0.05, 0.1) is 38.6 Å². The third-order valence-electron chi connectivity index (χ3n) is 8.74. The van der Waals surface area contributed by atoms with Crippen molar-refractivity contribution >= 4 is 0 Å². The van der Waals surface area contributed by atoms with Crippen LogP contribution in [0.3, 0.4) is 0 Å². The smallest absolute Gasteiger partial charge is 0.126 e. The van der Waals surface area contributed by atoms with E-state index in [2.05, 4.69) is 79.7 Å². The number of hydrogen-bond acceptors (Lipinski definition) is 4. The number of unbranched alkanes of at least 4 members (excludes halogenated alkanes) is 2. The van der Waals surface area contributed by atoms with Gasteiger partial charge in [-0.05, 0) is 108 Å². The van der Waals surface area contributed by atoms with Crippen molar-refractivity contribution in [2.24, 2.45) is 0 Å². The van der Waals surface area contributed by atoms with Crippen molar-refractivity contribution in [3.63, 3.8) is 0 Å². The second-order valence-electron chi connectivity index (χ2n) is 13.9. The lowest BCUT2D eigenvalue weighted by Crippen LogP contribution is -2.09. The summed E-state index contributed by atoms with van der Waals surface area (Å²) < 4.78 is 23.8. The molecule has 0 amide bonds. The first kappa shape index (κ1) is 32.9. The molecule has 2 fully saturated rings. The lowest BCUT2D eigenvalue weighted by molar-refractivity contribution is 0.292. The zero-order valence-corrected chi connectivity index (χ0v) is 27.9. The highest BCUT2D eigenvalue weighted by Crippen LogP contribution is 2.39. The molecule has 2 aliphatic heterocycles. The van der Waals surface area contributed by atoms with Crippen LogP contribution in [0, 0.1) is 0 Å². The summed E-state index contributed by atoms with van der Waals surface area (Å²) in [6, 6.07) is 9.67. The molecule has 0 aromatic heterocycles. The summed E-state index contributed by atoms with van der Waals surface area (Å²) in [5.41, 5.74) is 8.23. The van der Waals surface area contributed by atoms with Gasteiger partial charge in [-0.1, -0.05) is 79.7 Å². The highest BCUT2D eigenvalue weighted by molar-refractivity contribution is 5.50. The van der Waals surface area contributed by atoms with Gasteiger partial charge in [-0.25, -0.2) is 0 Å². The predicted octanol–water partition coefficient (Wildman–Crippen LogP) is 9.86. The standard InChI is InChI=1S/C38H58O4/c1-25(2)33-19-29(20-34(26(3)4)37(33)39-17-11-9-13-31-23-41-31)15-16-30-21-35(27(5)6)38(36(22-30)28(7)8)40-18-12-10-14-32-24-42-32/h19-22,25-28,31-32H,9-18,23-24H2,1-8H3. The molecule has 0 bridgehead atoms. The number of rotatable bonds is 19. The second-order valence-corrected chi connectivity index (χ2v) is 13.9. The van der Waals surface area contributed by atoms with E-state index in [4.69, 9.17) is 18.9 Å². The summed E-state index contributed by atoms with van der Waals surface area (Å²) in [5.74, 6) is 3.94. The summed E-state index contributed by atoms with van der Waals surface area (Å²) in [5, 5.41) is 0. The van der Waals surface area contributed by atoms with Gasteiger partial charge in [-0.2, -0.15) is 0 Å². The van der Waals surface area contributed by atoms with E-state index in [0.717, 1.165) is 76.5 Å². The van der Waals surface area contributed by atoms with E-state index < -0.39 is 0 Å². The first-order valence-electron chi connectivity index (χ1n) is 17.0. The summed E-state index contributed by atoms with van der Waals surface area (Å²) in [7, 11) is 0. The van der Waals surface area contributed by atoms with Crippen molar-refractivity contribution < 1.29 is 18.9 Å². The van der Waals surface area contributed by atoms with Crippen LogP contribution in [0.2, 0.25) is 0 Å². The molecule has 2 aromatic carbocycles. The number of epoxide rings is 2. The van der Waals surface area contributed by atoms with Gasteiger partial charge in [0, 0.05) is 0 Å². The maximum atomic E-state index is 6.51. The van der Waals surface area contributed by atoms with Crippen LogP contribution in [0.1, 0.15) is 151 Å². The molecular weight excluding hydrogens is 520 g/mol. The summed E-state index contributed by atoms with van der Waals surface area (Å²) >= 11 is 0. The molecule has 0 spiro atoms. The van der Waals surface area contributed by atoms with Crippen LogP contribution in [-0.2, 0) is 22.3 Å². The molecule has 4 rings (SSSR count). The molecule has 2 aromatic rings. The third-order valence-corrected chi connectivity index (χ3v) is 8.74. The number of ether oxygens (including phenoxy) is 4. The Labute approximate surface area is 256 Å². The molecular formula is C38H58O4. The van der Waals surface area contributed by atoms with Gasteiger partial charge in [0.15, 0.2) is 0 Å². The summed E-state index contributed by atoms with van der Waals surface area (Å²) in [6.07, 6.45) is 9.92. The van der Waals surface area contributed by atoms with Gasteiger partial charge in [-0.3, -0.25) is 0 Å². The zero-order valence-electron chi connectivity index (χ0n) is 27.9. The fraction of sp³-hybridized carbons (Fsp3) is 0.684. The molecule has 2 unspecified atom stereocenters. The van der Waals surface area contributed by atoms with Crippen molar-refractivity contribution in [1.29, 1.82) is 0 Å². The van der Waals surface area contributed by atoms with Gasteiger partial charge in [-0.15, -0.1) is 0 Å². The van der Waals surface area contributed by atoms with Crippen LogP contribution in [-0.4, -0.2) is 38.6 Å². The Morgan fingerprint density at radius 3 is 1.12 bits per heavy atom. The predicted molar refractivity (Wildman–Crippen MR) is 175 cm³/mol. The fourth-order valence-corrected chi connectivity index (χ4v) is 5.87. The van der Waals surface area contributed by atoms with Gasteiger partial charge in [0.25, 0.3) is 0 Å². The minimum absolute atomic E-state index is 0.422. The molecule has 0 saturated carbocycles. The Balaban J connectivity index is 1.47. The van der Waals surface area contributed by atoms with E-state index in [-0.39, 0.29) is 0 Å². The van der Waals surface area contributed by atoms with E-state index in [1.807, 2.05) is 0 Å². The maximum Gasteiger partial charge on any atom is 0.126 e. The fourth-order valence-electron chi connectivity index (χ4n) is 5.87. The lowest BCUT2D eigenvalue weighted by atomic mass is 9.88. The van der Waals surface area contributed by atoms with E-state index in [1.54, 1.807) is 0 Å². The summed E-state index contributed by atoms with van der Waals surface area (Å²) in [4.78, 5) is 0. The Morgan fingerprint density at radius 2 is 0.857 bits per heavy atom. The molecule has 2 aliphatic rings. The van der Waals surface area contributed by atoms with Crippen molar-refractivity contribution in [2.45, 2.75) is 143 Å². The molecule has 4 nitrogen and oxygen atoms in total. The normalized spacial score (nSPS) is 18.0. The molecule has 4 heteroatoms. The van der Waals surface area contributed by atoms with Crippen LogP contribution in [0.5, 0.6) is 11.5 Å². The van der Waals surface area contributed by atoms with Gasteiger partial charge >= 0.3 is 0 Å². The van der Waals surface area contributed by atoms with Crippen molar-refractivity contribution in [3.8, 4) is 11.5 Å². The lowest BCUT2D eigenvalue weighted by Gasteiger charge is -2.23. The first-order chi connectivity index (χ1) is 20.1. The van der Waals surface area contributed by atoms with E-state index in [1.165, 1.54) is 46.2 Å². The molecule has 0 N–H and O–H groups in total. The Bertz CT molecular complexity index is 976. The van der Waals surface area contributed by atoms with E-state index in [9.17, 15) is 0 Å². The average molecular weight is 579 g/mol. The topological polar surface area (TPSA) is 43.5 Å². The van der Waals surface area contributed by atoms with Crippen molar-refractivity contribution in [3.05, 3.63) is 57.6 Å². The maximum absolute atomic E-state index is 6.51. The highest BCUT2D eigenvalue weighted by atomic mass is 16.6. The summed E-state index contributed by atoms with van der Waals surface area (Å²) in [6.45, 7) is 21.8. The minimum atomic E-state index is 0.422. The monoisotopic (exact) mass is 578 g/mol. The van der Waals surface area contributed by atoms with Gasteiger partial charge in [0.2, 0.25) is 0 Å². The Kier molecular flexibility index (Phi) is 12.2. The molecule has 234 valence electrons. The first-order valence-corrected chi connectivity index (χ1v) is 17.0. The molecule has 2 heterocycles. The van der Waals surface area contributed by atoms with Gasteiger partial charge in [0.1, 0.15) is 11.5 Å². The molecule has 0 radical (unpaired) electrons. The van der Waals surface area contributed by atoms with E-state index in [0.29, 0.717) is 35.9 Å². The number of aryl methyl sites for hydroxylation is 2. The quantitative estimate of drug-likeness (QED) is 0.123. The Morgan fingerprint density at radius 1 is 0.548 bits per heavy atom. The number of benzene rings is 2. The number of hydrogen-bond donors (Lipinski definition) is 0. The van der Waals surface area contributed by atoms with Gasteiger partial charge < -0.3 is 18.9 Å². The molecule has 2 atom stereocenters. The molecule has 42 heavy (non-hydrogen) atoms. The molecule has 0 aliphatic carbocycles. The average Bonchev–Trinajstić information content (AvgIpc) is 3.87. The van der Waals surface area contributed by atoms with Crippen LogP contribution in [0.15, 0.2) is 24.3 Å². The van der Waals surface area contributed by atoms with Crippen molar-refractivity contribution in [1.82, 2.24) is 0 Å². The van der Waals surface area contributed by atoms with E-state index >= 15 is 0 Å². The Hall–Kier alpha value is -2.04. The SMILES string of the molecule is CC(C)c1cc(CCc2cc(C(C)C)c(OCCCCC3CO3)c(C(C)C)c2)cc(C(C)C)c1OCCCCC1CO1. The minimum Gasteiger partial charge on any atom is -0.493 e. The van der Waals surface area contributed by atoms with Crippen LogP contribution in [0.4, 0.5) is 0 Å². The van der Waals surface area contributed by atoms with Crippen LogP contribution >= 0.6 is 0 Å². The van der Waals surface area contributed by atoms with Crippen LogP contribution < -0.4 is 9.47 Å². The largest absolute Gasteiger partial charge is 0.493 e. The zero-order chi connectivity index (χ0) is 30.2.